The van der Waals surface area contributed by atoms with E-state index in [1.165, 1.54) is 17.0 Å². The Morgan fingerprint density at radius 1 is 1.38 bits per heavy atom. The number of phenols is 1. The highest BCUT2D eigenvalue weighted by molar-refractivity contribution is 5.93. The summed E-state index contributed by atoms with van der Waals surface area (Å²) in [5.74, 6) is -0.694. The third-order valence-electron chi connectivity index (χ3n) is 3.14. The van der Waals surface area contributed by atoms with Crippen molar-refractivity contribution in [1.29, 1.82) is 0 Å². The van der Waals surface area contributed by atoms with Crippen LogP contribution in [-0.4, -0.2) is 40.1 Å². The first kappa shape index (κ1) is 15.3. The summed E-state index contributed by atoms with van der Waals surface area (Å²) in [6, 6.07) is 4.74. The number of phenolic OH excluding ortho intramolecular Hbond substituents is 1. The maximum Gasteiger partial charge on any atom is 0.334 e. The molecular weight excluding hydrogens is 272 g/mol. The minimum atomic E-state index is -0.836. The molecule has 1 amide bonds. The number of likely N-dealkylation sites (tertiary alicyclic amines) is 1. The molecule has 114 valence electrons. The van der Waals surface area contributed by atoms with E-state index in [2.05, 4.69) is 0 Å². The van der Waals surface area contributed by atoms with E-state index in [1.807, 2.05) is 0 Å². The standard InChI is InChI=1S/C15H20N2O4/c1-15(2,3)21-14(20)12(17-8-11(16)13(17)19)9-4-6-10(18)7-5-9/h4-7,11-12,18H,8,16H2,1-3H3/t11-,12+/m0/s1. The van der Waals surface area contributed by atoms with Gasteiger partial charge in [0.25, 0.3) is 0 Å². The van der Waals surface area contributed by atoms with Gasteiger partial charge in [-0.15, -0.1) is 0 Å². The van der Waals surface area contributed by atoms with E-state index < -0.39 is 23.7 Å². The second kappa shape index (κ2) is 5.37. The van der Waals surface area contributed by atoms with Gasteiger partial charge in [0.2, 0.25) is 5.91 Å². The zero-order valence-electron chi connectivity index (χ0n) is 12.4. The highest BCUT2D eigenvalue weighted by Crippen LogP contribution is 2.30. The van der Waals surface area contributed by atoms with Crippen LogP contribution in [0.4, 0.5) is 0 Å². The van der Waals surface area contributed by atoms with Gasteiger partial charge in [-0.1, -0.05) is 12.1 Å². The molecule has 0 aliphatic carbocycles. The number of β-lactam (4-membered cyclic amide) rings is 1. The van der Waals surface area contributed by atoms with E-state index in [1.54, 1.807) is 32.9 Å². The molecule has 2 atom stereocenters. The fraction of sp³-hybridized carbons (Fsp3) is 0.467. The summed E-state index contributed by atoms with van der Waals surface area (Å²) < 4.78 is 5.39. The van der Waals surface area contributed by atoms with Crippen LogP contribution in [-0.2, 0) is 14.3 Å². The van der Waals surface area contributed by atoms with Crippen molar-refractivity contribution in [1.82, 2.24) is 4.90 Å². The normalized spacial score (nSPS) is 19.9. The smallest absolute Gasteiger partial charge is 0.334 e. The number of ether oxygens (including phenoxy) is 1. The maximum atomic E-state index is 12.4. The summed E-state index contributed by atoms with van der Waals surface area (Å²) >= 11 is 0. The number of amides is 1. The van der Waals surface area contributed by atoms with Crippen molar-refractivity contribution in [2.24, 2.45) is 5.73 Å². The molecule has 0 saturated carbocycles. The van der Waals surface area contributed by atoms with Gasteiger partial charge in [-0.25, -0.2) is 4.79 Å². The molecule has 3 N–H and O–H groups in total. The number of carbonyl (C=O) groups is 2. The minimum absolute atomic E-state index is 0.0910. The molecule has 21 heavy (non-hydrogen) atoms. The Kier molecular flexibility index (Phi) is 3.91. The average molecular weight is 292 g/mol. The molecular formula is C15H20N2O4. The lowest BCUT2D eigenvalue weighted by Gasteiger charge is -2.41. The largest absolute Gasteiger partial charge is 0.508 e. The molecule has 0 aromatic heterocycles. The number of carbonyl (C=O) groups excluding carboxylic acids is 2. The molecule has 6 nitrogen and oxygen atoms in total. The first-order valence-electron chi connectivity index (χ1n) is 6.77. The summed E-state index contributed by atoms with van der Waals surface area (Å²) in [6.45, 7) is 5.61. The first-order valence-corrected chi connectivity index (χ1v) is 6.77. The Bertz CT molecular complexity index is 548. The first-order chi connectivity index (χ1) is 9.69. The van der Waals surface area contributed by atoms with Crippen LogP contribution in [0.15, 0.2) is 24.3 Å². The van der Waals surface area contributed by atoms with Gasteiger partial charge in [0.15, 0.2) is 6.04 Å². The van der Waals surface area contributed by atoms with Crippen LogP contribution in [0.3, 0.4) is 0 Å². The summed E-state index contributed by atoms with van der Waals surface area (Å²) in [5.41, 5.74) is 5.53. The lowest BCUT2D eigenvalue weighted by molar-refractivity contribution is -0.170. The Balaban J connectivity index is 2.29. The second-order valence-corrected chi connectivity index (χ2v) is 6.12. The zero-order chi connectivity index (χ0) is 15.8. The molecule has 1 aromatic carbocycles. The van der Waals surface area contributed by atoms with Crippen LogP contribution in [0.2, 0.25) is 0 Å². The van der Waals surface area contributed by atoms with E-state index >= 15 is 0 Å². The highest BCUT2D eigenvalue weighted by Gasteiger charge is 2.43. The Morgan fingerprint density at radius 2 is 1.95 bits per heavy atom. The van der Waals surface area contributed by atoms with E-state index in [9.17, 15) is 14.7 Å². The molecule has 2 rings (SSSR count). The van der Waals surface area contributed by atoms with Gasteiger partial charge in [0.05, 0.1) is 0 Å². The zero-order valence-corrected chi connectivity index (χ0v) is 12.4. The molecule has 1 aliphatic rings. The van der Waals surface area contributed by atoms with E-state index in [0.717, 1.165) is 0 Å². The number of aromatic hydroxyl groups is 1. The monoisotopic (exact) mass is 292 g/mol. The van der Waals surface area contributed by atoms with Crippen molar-refractivity contribution >= 4 is 11.9 Å². The number of benzene rings is 1. The van der Waals surface area contributed by atoms with Crippen LogP contribution in [0.5, 0.6) is 5.75 Å². The quantitative estimate of drug-likeness (QED) is 0.639. The predicted octanol–water partition coefficient (Wildman–Crippen LogP) is 0.944. The molecule has 6 heteroatoms. The average Bonchev–Trinajstić information content (AvgIpc) is 2.38. The third-order valence-corrected chi connectivity index (χ3v) is 3.14. The van der Waals surface area contributed by atoms with Crippen molar-refractivity contribution in [3.05, 3.63) is 29.8 Å². The van der Waals surface area contributed by atoms with Crippen LogP contribution < -0.4 is 5.73 Å². The van der Waals surface area contributed by atoms with Crippen LogP contribution >= 0.6 is 0 Å². The third kappa shape index (κ3) is 3.33. The SMILES string of the molecule is CC(C)(C)OC(=O)[C@@H](c1ccc(O)cc1)N1C[C@H](N)C1=O. The van der Waals surface area contributed by atoms with Crippen molar-refractivity contribution < 1.29 is 19.4 Å². The number of rotatable bonds is 3. The second-order valence-electron chi connectivity index (χ2n) is 6.12. The highest BCUT2D eigenvalue weighted by atomic mass is 16.6. The predicted molar refractivity (Wildman–Crippen MR) is 76.4 cm³/mol. The fourth-order valence-corrected chi connectivity index (χ4v) is 2.17. The van der Waals surface area contributed by atoms with Gasteiger partial charge in [-0.05, 0) is 38.5 Å². The lowest BCUT2D eigenvalue weighted by Crippen LogP contribution is -2.63. The summed E-state index contributed by atoms with van der Waals surface area (Å²) in [7, 11) is 0. The summed E-state index contributed by atoms with van der Waals surface area (Å²) in [4.78, 5) is 25.7. The van der Waals surface area contributed by atoms with E-state index in [4.69, 9.17) is 10.5 Å². The molecule has 1 aromatic rings. The van der Waals surface area contributed by atoms with Crippen molar-refractivity contribution in [3.8, 4) is 5.75 Å². The number of nitrogens with zero attached hydrogens (tertiary/aromatic N) is 1. The number of nitrogens with two attached hydrogens (primary N) is 1. The lowest BCUT2D eigenvalue weighted by atomic mass is 9.98. The topological polar surface area (TPSA) is 92.9 Å². The number of esters is 1. The molecule has 0 unspecified atom stereocenters. The molecule has 0 radical (unpaired) electrons. The fourth-order valence-electron chi connectivity index (χ4n) is 2.17. The molecule has 0 bridgehead atoms. The van der Waals surface area contributed by atoms with Gasteiger partial charge in [-0.2, -0.15) is 0 Å². The van der Waals surface area contributed by atoms with Gasteiger partial charge < -0.3 is 20.5 Å². The molecule has 0 spiro atoms. The van der Waals surface area contributed by atoms with E-state index in [0.29, 0.717) is 12.1 Å². The molecule has 1 saturated heterocycles. The van der Waals surface area contributed by atoms with Crippen LogP contribution in [0.25, 0.3) is 0 Å². The van der Waals surface area contributed by atoms with Gasteiger partial charge in [0.1, 0.15) is 17.4 Å². The van der Waals surface area contributed by atoms with Crippen molar-refractivity contribution in [2.75, 3.05) is 6.54 Å². The maximum absolute atomic E-state index is 12.4. The van der Waals surface area contributed by atoms with Crippen LogP contribution in [0, 0.1) is 0 Å². The van der Waals surface area contributed by atoms with E-state index in [-0.39, 0.29) is 11.7 Å². The minimum Gasteiger partial charge on any atom is -0.508 e. The molecule has 1 heterocycles. The van der Waals surface area contributed by atoms with Gasteiger partial charge in [0, 0.05) is 6.54 Å². The van der Waals surface area contributed by atoms with Crippen molar-refractivity contribution in [2.45, 2.75) is 38.5 Å². The molecule has 1 fully saturated rings. The Hall–Kier alpha value is -2.08. The van der Waals surface area contributed by atoms with Gasteiger partial charge in [-0.3, -0.25) is 4.79 Å². The number of hydrogen-bond acceptors (Lipinski definition) is 5. The van der Waals surface area contributed by atoms with Gasteiger partial charge >= 0.3 is 5.97 Å². The van der Waals surface area contributed by atoms with Crippen molar-refractivity contribution in [3.63, 3.8) is 0 Å². The summed E-state index contributed by atoms with van der Waals surface area (Å²) in [6.07, 6.45) is 0. The molecule has 1 aliphatic heterocycles. The number of hydrogen-bond donors (Lipinski definition) is 2. The van der Waals surface area contributed by atoms with Crippen LogP contribution in [0.1, 0.15) is 32.4 Å². The summed E-state index contributed by atoms with van der Waals surface area (Å²) in [5, 5.41) is 9.35. The Morgan fingerprint density at radius 3 is 2.38 bits per heavy atom. The Labute approximate surface area is 123 Å².